The third kappa shape index (κ3) is 6.37. The molecule has 6 heteroatoms. The van der Waals surface area contributed by atoms with Crippen LogP contribution in [0.3, 0.4) is 0 Å². The van der Waals surface area contributed by atoms with Gasteiger partial charge in [-0.3, -0.25) is 9.59 Å². The molecule has 2 amide bonds. The minimum Gasteiger partial charge on any atom is -0.351 e. The highest BCUT2D eigenvalue weighted by molar-refractivity contribution is 6.11. The highest BCUT2D eigenvalue weighted by atomic mass is 35.5. The Kier molecular flexibility index (Phi) is 8.51. The van der Waals surface area contributed by atoms with Gasteiger partial charge in [0.1, 0.15) is 0 Å². The molecule has 0 aliphatic heterocycles. The summed E-state index contributed by atoms with van der Waals surface area (Å²) in [4.78, 5) is 26.3. The molecule has 0 aliphatic carbocycles. The lowest BCUT2D eigenvalue weighted by Gasteiger charge is -2.26. The van der Waals surface area contributed by atoms with Gasteiger partial charge in [0.2, 0.25) is 0 Å². The summed E-state index contributed by atoms with van der Waals surface area (Å²) in [5.41, 5.74) is 9.01. The van der Waals surface area contributed by atoms with E-state index in [1.807, 2.05) is 48.5 Å². The number of anilines is 1. The molecule has 0 saturated heterocycles. The van der Waals surface area contributed by atoms with Crippen LogP contribution in [0, 0.1) is 0 Å². The van der Waals surface area contributed by atoms with Crippen molar-refractivity contribution in [2.75, 3.05) is 18.4 Å². The quantitative estimate of drug-likeness (QED) is 0.430. The smallest absolute Gasteiger partial charge is 0.255 e. The fourth-order valence-electron chi connectivity index (χ4n) is 3.63. The summed E-state index contributed by atoms with van der Waals surface area (Å²) in [6.07, 6.45) is 0. The van der Waals surface area contributed by atoms with E-state index in [1.165, 1.54) is 0 Å². The lowest BCUT2D eigenvalue weighted by Crippen LogP contribution is -2.30. The third-order valence-corrected chi connectivity index (χ3v) is 5.74. The SMILES string of the molecule is CC(C)(C)c1cc(C(=O)Nc2cc3ccccc3cc2C(=O)NCCN)cc(C(C)(C)C)c1.Cl. The molecule has 0 bridgehead atoms. The van der Waals surface area contributed by atoms with Crippen LogP contribution in [0.4, 0.5) is 5.69 Å². The molecule has 0 heterocycles. The van der Waals surface area contributed by atoms with Gasteiger partial charge in [0, 0.05) is 18.7 Å². The summed E-state index contributed by atoms with van der Waals surface area (Å²) in [6, 6.07) is 17.5. The number of hydrogen-bond acceptors (Lipinski definition) is 3. The van der Waals surface area contributed by atoms with Gasteiger partial charge in [0.15, 0.2) is 0 Å². The molecule has 5 nitrogen and oxygen atoms in total. The van der Waals surface area contributed by atoms with Gasteiger partial charge >= 0.3 is 0 Å². The van der Waals surface area contributed by atoms with Crippen LogP contribution in [-0.2, 0) is 10.8 Å². The zero-order chi connectivity index (χ0) is 24.4. The Balaban J connectivity index is 0.00000408. The molecule has 3 aromatic rings. The van der Waals surface area contributed by atoms with Gasteiger partial charge in [-0.2, -0.15) is 0 Å². The van der Waals surface area contributed by atoms with Crippen LogP contribution in [0.1, 0.15) is 73.4 Å². The maximum atomic E-state index is 13.4. The van der Waals surface area contributed by atoms with E-state index in [0.29, 0.717) is 29.9 Å². The second kappa shape index (κ2) is 10.6. The predicted molar refractivity (Wildman–Crippen MR) is 144 cm³/mol. The van der Waals surface area contributed by atoms with E-state index in [9.17, 15) is 9.59 Å². The van der Waals surface area contributed by atoms with E-state index in [2.05, 4.69) is 58.2 Å². The molecule has 0 fully saturated rings. The maximum absolute atomic E-state index is 13.4. The van der Waals surface area contributed by atoms with Crippen molar-refractivity contribution in [3.8, 4) is 0 Å². The summed E-state index contributed by atoms with van der Waals surface area (Å²) in [5.74, 6) is -0.505. The Morgan fingerprint density at radius 1 is 0.794 bits per heavy atom. The fraction of sp³-hybridized carbons (Fsp3) is 0.357. The number of hydrogen-bond donors (Lipinski definition) is 3. The molecule has 0 atom stereocenters. The van der Waals surface area contributed by atoms with Gasteiger partial charge in [-0.05, 0) is 57.0 Å². The molecule has 3 aromatic carbocycles. The molecular weight excluding hydrogens is 446 g/mol. The molecule has 0 unspecified atom stereocenters. The normalized spacial score (nSPS) is 11.6. The number of rotatable bonds is 5. The molecule has 4 N–H and O–H groups in total. The van der Waals surface area contributed by atoms with Gasteiger partial charge in [-0.25, -0.2) is 0 Å². The van der Waals surface area contributed by atoms with Crippen LogP contribution in [0.25, 0.3) is 10.8 Å². The molecule has 34 heavy (non-hydrogen) atoms. The lowest BCUT2D eigenvalue weighted by molar-refractivity contribution is 0.0955. The second-order valence-corrected chi connectivity index (χ2v) is 10.5. The Hall–Kier alpha value is -2.89. The minimum absolute atomic E-state index is 0. The average molecular weight is 482 g/mol. The highest BCUT2D eigenvalue weighted by Gasteiger charge is 2.23. The Morgan fingerprint density at radius 2 is 1.32 bits per heavy atom. The largest absolute Gasteiger partial charge is 0.351 e. The summed E-state index contributed by atoms with van der Waals surface area (Å²) < 4.78 is 0. The van der Waals surface area contributed by atoms with E-state index in [4.69, 9.17) is 5.73 Å². The number of amides is 2. The van der Waals surface area contributed by atoms with E-state index < -0.39 is 0 Å². The van der Waals surface area contributed by atoms with Crippen molar-refractivity contribution in [2.45, 2.75) is 52.4 Å². The number of nitrogens with two attached hydrogens (primary N) is 1. The summed E-state index contributed by atoms with van der Waals surface area (Å²) >= 11 is 0. The number of carbonyl (C=O) groups excluding carboxylic acids is 2. The van der Waals surface area contributed by atoms with Crippen molar-refractivity contribution in [2.24, 2.45) is 5.73 Å². The molecule has 182 valence electrons. The summed E-state index contributed by atoms with van der Waals surface area (Å²) in [7, 11) is 0. The summed E-state index contributed by atoms with van der Waals surface area (Å²) in [5, 5.41) is 7.69. The highest BCUT2D eigenvalue weighted by Crippen LogP contribution is 2.31. The molecule has 0 aromatic heterocycles. The predicted octanol–water partition coefficient (Wildman–Crippen LogP) is 5.80. The fourth-order valence-corrected chi connectivity index (χ4v) is 3.63. The monoisotopic (exact) mass is 481 g/mol. The van der Waals surface area contributed by atoms with Crippen LogP contribution < -0.4 is 16.4 Å². The molecule has 0 spiro atoms. The van der Waals surface area contributed by atoms with Crippen LogP contribution in [0.2, 0.25) is 0 Å². The molecular formula is C28H36ClN3O2. The van der Waals surface area contributed by atoms with Crippen LogP contribution >= 0.6 is 12.4 Å². The van der Waals surface area contributed by atoms with E-state index in [1.54, 1.807) is 0 Å². The first-order chi connectivity index (χ1) is 15.4. The first-order valence-electron chi connectivity index (χ1n) is 11.4. The van der Waals surface area contributed by atoms with Crippen molar-refractivity contribution in [3.63, 3.8) is 0 Å². The Bertz CT molecular complexity index is 1160. The second-order valence-electron chi connectivity index (χ2n) is 10.5. The first kappa shape index (κ1) is 27.4. The Morgan fingerprint density at radius 3 is 1.82 bits per heavy atom. The van der Waals surface area contributed by atoms with Gasteiger partial charge in [0.25, 0.3) is 11.8 Å². The van der Waals surface area contributed by atoms with Crippen LogP contribution in [-0.4, -0.2) is 24.9 Å². The van der Waals surface area contributed by atoms with Crippen LogP contribution in [0.5, 0.6) is 0 Å². The number of benzene rings is 3. The van der Waals surface area contributed by atoms with Gasteiger partial charge in [-0.15, -0.1) is 12.4 Å². The van der Waals surface area contributed by atoms with Crippen molar-refractivity contribution < 1.29 is 9.59 Å². The molecule has 0 radical (unpaired) electrons. The number of halogens is 1. The maximum Gasteiger partial charge on any atom is 0.255 e. The number of carbonyl (C=O) groups is 2. The van der Waals surface area contributed by atoms with E-state index in [0.717, 1.165) is 21.9 Å². The number of fused-ring (bicyclic) bond motifs is 1. The zero-order valence-electron chi connectivity index (χ0n) is 20.9. The average Bonchev–Trinajstić information content (AvgIpc) is 2.75. The van der Waals surface area contributed by atoms with Gasteiger partial charge < -0.3 is 16.4 Å². The van der Waals surface area contributed by atoms with Crippen molar-refractivity contribution in [3.05, 3.63) is 76.9 Å². The first-order valence-corrected chi connectivity index (χ1v) is 11.4. The van der Waals surface area contributed by atoms with Crippen molar-refractivity contribution in [1.29, 1.82) is 0 Å². The molecule has 0 saturated carbocycles. The standard InChI is InChI=1S/C28H35N3O2.ClH/c1-27(2,3)21-13-20(14-22(17-21)28(4,5)6)25(32)31-24-16-19-10-8-7-9-18(19)15-23(24)26(33)30-12-11-29;/h7-10,13-17H,11-12,29H2,1-6H3,(H,30,33)(H,31,32);1H. The van der Waals surface area contributed by atoms with E-state index >= 15 is 0 Å². The Labute approximate surface area is 208 Å². The van der Waals surface area contributed by atoms with Gasteiger partial charge in [-0.1, -0.05) is 71.9 Å². The minimum atomic E-state index is -0.264. The lowest BCUT2D eigenvalue weighted by atomic mass is 9.79. The molecule has 0 aliphatic rings. The van der Waals surface area contributed by atoms with E-state index in [-0.39, 0.29) is 35.1 Å². The molecule has 3 rings (SSSR count). The topological polar surface area (TPSA) is 84.2 Å². The summed E-state index contributed by atoms with van der Waals surface area (Å²) in [6.45, 7) is 13.5. The number of nitrogens with one attached hydrogen (secondary N) is 2. The van der Waals surface area contributed by atoms with Crippen molar-refractivity contribution in [1.82, 2.24) is 5.32 Å². The van der Waals surface area contributed by atoms with Crippen molar-refractivity contribution >= 4 is 40.7 Å². The van der Waals surface area contributed by atoms with Gasteiger partial charge in [0.05, 0.1) is 11.3 Å². The zero-order valence-corrected chi connectivity index (χ0v) is 21.7. The third-order valence-electron chi connectivity index (χ3n) is 5.74. The van der Waals surface area contributed by atoms with Crippen LogP contribution in [0.15, 0.2) is 54.6 Å².